The Morgan fingerprint density at radius 1 is 0.824 bits per heavy atom. The van der Waals surface area contributed by atoms with Crippen molar-refractivity contribution in [1.29, 1.82) is 0 Å². The summed E-state index contributed by atoms with van der Waals surface area (Å²) >= 11 is 0. The van der Waals surface area contributed by atoms with Gasteiger partial charge in [-0.1, -0.05) is 67.0 Å². The molecule has 0 saturated heterocycles. The maximum absolute atomic E-state index is 5.87. The van der Waals surface area contributed by atoms with E-state index >= 15 is 0 Å². The predicted octanol–water partition coefficient (Wildman–Crippen LogP) is 8.80. The first-order chi connectivity index (χ1) is 16.4. The quantitative estimate of drug-likeness (QED) is 0.244. The Balaban J connectivity index is 1.39. The topological polar surface area (TPSA) is 14.2 Å². The van der Waals surface area contributed by atoms with Gasteiger partial charge in [0.2, 0.25) is 0 Å². The summed E-state index contributed by atoms with van der Waals surface area (Å²) in [5, 5.41) is 2.72. The second kappa shape index (κ2) is 9.43. The molecule has 0 atom stereocenters. The molecule has 3 aromatic carbocycles. The van der Waals surface area contributed by atoms with Crippen LogP contribution >= 0.6 is 0 Å². The van der Waals surface area contributed by atoms with Gasteiger partial charge >= 0.3 is 0 Å². The molecule has 0 aliphatic heterocycles. The third-order valence-corrected chi connectivity index (χ3v) is 6.95. The second-order valence-electron chi connectivity index (χ2n) is 10.8. The van der Waals surface area contributed by atoms with Crippen molar-refractivity contribution < 1.29 is 4.74 Å². The molecule has 5 rings (SSSR count). The van der Waals surface area contributed by atoms with Crippen molar-refractivity contribution in [3.63, 3.8) is 0 Å². The molecular weight excluding hydrogens is 414 g/mol. The molecule has 4 aromatic rings. The van der Waals surface area contributed by atoms with E-state index in [9.17, 15) is 0 Å². The van der Waals surface area contributed by atoms with Crippen molar-refractivity contribution in [2.75, 3.05) is 6.61 Å². The summed E-state index contributed by atoms with van der Waals surface area (Å²) < 4.78 is 8.40. The summed E-state index contributed by atoms with van der Waals surface area (Å²) in [6, 6.07) is 22.7. The van der Waals surface area contributed by atoms with E-state index in [4.69, 9.17) is 4.74 Å². The lowest BCUT2D eigenvalue weighted by atomic mass is 9.96. The fraction of sp³-hybridized carbons (Fsp3) is 0.375. The standard InChI is InChI=1S/C32H37NO/c1-23-20-24-12-11-14-26(28(24)21-23)25-16-17-31-29(22-25)27-13-7-8-15-30(27)33(31)18-9-5-6-10-19-34-32(2,3)4/h7-8,11-17,21-22H,5-6,9-10,18-20H2,1-4H3. The number of ether oxygens (including phenoxy) is 1. The van der Waals surface area contributed by atoms with Crippen LogP contribution in [0, 0.1) is 0 Å². The summed E-state index contributed by atoms with van der Waals surface area (Å²) in [4.78, 5) is 0. The largest absolute Gasteiger partial charge is 0.376 e. The van der Waals surface area contributed by atoms with E-state index in [0.29, 0.717) is 0 Å². The highest BCUT2D eigenvalue weighted by Crippen LogP contribution is 2.37. The van der Waals surface area contributed by atoms with Crippen LogP contribution < -0.4 is 0 Å². The zero-order valence-electron chi connectivity index (χ0n) is 21.2. The Bertz CT molecular complexity index is 1350. The molecule has 0 unspecified atom stereocenters. The van der Waals surface area contributed by atoms with Gasteiger partial charge in [-0.15, -0.1) is 0 Å². The number of aromatic nitrogens is 1. The van der Waals surface area contributed by atoms with Gasteiger partial charge in [-0.3, -0.25) is 0 Å². The Morgan fingerprint density at radius 2 is 1.62 bits per heavy atom. The number of hydrogen-bond acceptors (Lipinski definition) is 1. The van der Waals surface area contributed by atoms with Crippen LogP contribution in [0.25, 0.3) is 39.0 Å². The minimum atomic E-state index is -0.0310. The summed E-state index contributed by atoms with van der Waals surface area (Å²) in [7, 11) is 0. The number of benzene rings is 3. The molecule has 0 saturated carbocycles. The molecule has 0 spiro atoms. The molecule has 34 heavy (non-hydrogen) atoms. The molecule has 2 heteroatoms. The van der Waals surface area contributed by atoms with Crippen molar-refractivity contribution in [3.05, 3.63) is 77.4 Å². The van der Waals surface area contributed by atoms with Crippen LogP contribution in [-0.4, -0.2) is 16.8 Å². The van der Waals surface area contributed by atoms with E-state index in [1.165, 1.54) is 68.9 Å². The number of fused-ring (bicyclic) bond motifs is 4. The first kappa shape index (κ1) is 22.9. The van der Waals surface area contributed by atoms with E-state index in [-0.39, 0.29) is 5.60 Å². The van der Waals surface area contributed by atoms with Crippen molar-refractivity contribution in [1.82, 2.24) is 4.57 Å². The van der Waals surface area contributed by atoms with Crippen molar-refractivity contribution >= 4 is 27.9 Å². The van der Waals surface area contributed by atoms with Crippen molar-refractivity contribution in [2.45, 2.75) is 71.9 Å². The molecular formula is C32H37NO. The Morgan fingerprint density at radius 3 is 2.47 bits per heavy atom. The lowest BCUT2D eigenvalue weighted by Gasteiger charge is -2.19. The number of nitrogens with zero attached hydrogens (tertiary/aromatic N) is 1. The van der Waals surface area contributed by atoms with Gasteiger partial charge in [0.15, 0.2) is 0 Å². The number of rotatable bonds is 8. The monoisotopic (exact) mass is 451 g/mol. The van der Waals surface area contributed by atoms with Crippen LogP contribution in [0.4, 0.5) is 0 Å². The first-order valence-electron chi connectivity index (χ1n) is 12.9. The third kappa shape index (κ3) is 4.70. The van der Waals surface area contributed by atoms with Crippen LogP contribution in [0.15, 0.2) is 66.2 Å². The van der Waals surface area contributed by atoms with Crippen molar-refractivity contribution in [2.24, 2.45) is 0 Å². The zero-order chi connectivity index (χ0) is 23.7. The highest BCUT2D eigenvalue weighted by atomic mass is 16.5. The molecule has 0 fully saturated rings. The lowest BCUT2D eigenvalue weighted by Crippen LogP contribution is -2.19. The van der Waals surface area contributed by atoms with Gasteiger partial charge in [-0.05, 0) is 87.4 Å². The second-order valence-corrected chi connectivity index (χ2v) is 10.8. The highest BCUT2D eigenvalue weighted by molar-refractivity contribution is 6.09. The summed E-state index contributed by atoms with van der Waals surface area (Å²) in [6.45, 7) is 10.5. The van der Waals surface area contributed by atoms with Gasteiger partial charge in [-0.25, -0.2) is 0 Å². The first-order valence-corrected chi connectivity index (χ1v) is 12.9. The Kier molecular flexibility index (Phi) is 6.36. The van der Waals surface area contributed by atoms with Gasteiger partial charge in [-0.2, -0.15) is 0 Å². The SMILES string of the molecule is CC1=Cc2c(cccc2-c2ccc3c(c2)c2ccccc2n3CCCCCCOC(C)(C)C)C1. The molecule has 1 aliphatic carbocycles. The number of para-hydroxylation sites is 1. The molecule has 176 valence electrons. The van der Waals surface area contributed by atoms with Crippen LogP contribution in [0.2, 0.25) is 0 Å². The number of aryl methyl sites for hydroxylation is 1. The molecule has 2 nitrogen and oxygen atoms in total. The van der Waals surface area contributed by atoms with Gasteiger partial charge in [0.05, 0.1) is 5.60 Å². The molecule has 0 bridgehead atoms. The Hall–Kier alpha value is -2.84. The summed E-state index contributed by atoms with van der Waals surface area (Å²) in [6.07, 6.45) is 8.24. The molecule has 0 radical (unpaired) electrons. The van der Waals surface area contributed by atoms with E-state index in [1.807, 2.05) is 0 Å². The fourth-order valence-corrected chi connectivity index (χ4v) is 5.35. The van der Waals surface area contributed by atoms with E-state index < -0.39 is 0 Å². The van der Waals surface area contributed by atoms with Crippen LogP contribution in [0.5, 0.6) is 0 Å². The Labute approximate surface area is 204 Å². The maximum atomic E-state index is 5.87. The van der Waals surface area contributed by atoms with E-state index in [0.717, 1.165) is 26.0 Å². The van der Waals surface area contributed by atoms with Crippen LogP contribution in [-0.2, 0) is 17.7 Å². The summed E-state index contributed by atoms with van der Waals surface area (Å²) in [5.74, 6) is 0. The van der Waals surface area contributed by atoms with Gasteiger partial charge in [0.1, 0.15) is 0 Å². The minimum absolute atomic E-state index is 0.0310. The third-order valence-electron chi connectivity index (χ3n) is 6.95. The van der Waals surface area contributed by atoms with Gasteiger partial charge < -0.3 is 9.30 Å². The van der Waals surface area contributed by atoms with Crippen molar-refractivity contribution in [3.8, 4) is 11.1 Å². The average molecular weight is 452 g/mol. The number of unbranched alkanes of at least 4 members (excludes halogenated alkanes) is 3. The highest BCUT2D eigenvalue weighted by Gasteiger charge is 2.16. The number of hydrogen-bond donors (Lipinski definition) is 0. The van der Waals surface area contributed by atoms with Gasteiger partial charge in [0.25, 0.3) is 0 Å². The van der Waals surface area contributed by atoms with E-state index in [1.54, 1.807) is 0 Å². The maximum Gasteiger partial charge on any atom is 0.0598 e. The minimum Gasteiger partial charge on any atom is -0.376 e. The van der Waals surface area contributed by atoms with Gasteiger partial charge in [0, 0.05) is 35.0 Å². The normalized spacial score (nSPS) is 13.6. The lowest BCUT2D eigenvalue weighted by molar-refractivity contribution is -0.00475. The molecule has 1 aliphatic rings. The van der Waals surface area contributed by atoms with Crippen LogP contribution in [0.1, 0.15) is 64.5 Å². The van der Waals surface area contributed by atoms with Crippen LogP contribution in [0.3, 0.4) is 0 Å². The molecule has 0 N–H and O–H groups in total. The van der Waals surface area contributed by atoms with E-state index in [2.05, 4.69) is 99.0 Å². The smallest absolute Gasteiger partial charge is 0.0598 e. The predicted molar refractivity (Wildman–Crippen MR) is 146 cm³/mol. The number of allylic oxidation sites excluding steroid dienone is 1. The molecule has 0 amide bonds. The fourth-order valence-electron chi connectivity index (χ4n) is 5.35. The summed E-state index contributed by atoms with van der Waals surface area (Å²) in [5.41, 5.74) is 9.63. The average Bonchev–Trinajstić information content (AvgIpc) is 3.34. The molecule has 1 aromatic heterocycles. The molecule has 1 heterocycles. The zero-order valence-corrected chi connectivity index (χ0v) is 21.2.